The molecule has 214 valence electrons. The number of nitrogens with zero attached hydrogens (tertiary/aromatic N) is 2. The van der Waals surface area contributed by atoms with E-state index >= 15 is 0 Å². The van der Waals surface area contributed by atoms with E-state index in [2.05, 4.69) is 146 Å². The highest BCUT2D eigenvalue weighted by Gasteiger charge is 2.18. The molecule has 0 fully saturated rings. The Bertz CT molecular complexity index is 2560. The van der Waals surface area contributed by atoms with Crippen LogP contribution in [0.3, 0.4) is 0 Å². The first-order valence-corrected chi connectivity index (χ1v) is 15.7. The first-order valence-electron chi connectivity index (χ1n) is 15.7. The van der Waals surface area contributed by atoms with Crippen LogP contribution in [0.5, 0.6) is 0 Å². The molecule has 2 aromatic heterocycles. The second-order valence-electron chi connectivity index (χ2n) is 11.8. The van der Waals surface area contributed by atoms with Crippen LogP contribution in [0.2, 0.25) is 0 Å². The maximum atomic E-state index is 4.94. The Morgan fingerprint density at radius 3 is 1.57 bits per heavy atom. The third-order valence-corrected chi connectivity index (χ3v) is 9.11. The molecule has 0 aliphatic rings. The molecule has 0 saturated heterocycles. The van der Waals surface area contributed by atoms with Gasteiger partial charge in [-0.05, 0) is 84.8 Å². The smallest absolute Gasteiger partial charge is 0.0970 e. The van der Waals surface area contributed by atoms with Crippen molar-refractivity contribution in [1.82, 2.24) is 9.97 Å². The Hall–Kier alpha value is -6.12. The molecule has 0 radical (unpaired) electrons. The topological polar surface area (TPSA) is 25.8 Å². The van der Waals surface area contributed by atoms with Gasteiger partial charge >= 0.3 is 0 Å². The second kappa shape index (κ2) is 10.8. The van der Waals surface area contributed by atoms with Gasteiger partial charge in [0.2, 0.25) is 0 Å². The highest BCUT2D eigenvalue weighted by atomic mass is 14.7. The molecule has 0 spiro atoms. The standard InChI is InChI=1S/C44H28N2/c1-4-13-29(14-5-1)34-25-33-27-39(38-21-12-24-45-44(38)43(33)46-28-34)32-22-23-37-40(26-32)42(31-17-8-3-9-18-31)36-20-11-10-19-35(36)41(37)30-15-6-2-7-16-30/h1-28H. The van der Waals surface area contributed by atoms with Crippen molar-refractivity contribution in [2.75, 3.05) is 0 Å². The normalized spacial score (nSPS) is 11.5. The van der Waals surface area contributed by atoms with Crippen molar-refractivity contribution >= 4 is 43.4 Å². The lowest BCUT2D eigenvalue weighted by molar-refractivity contribution is 1.37. The minimum atomic E-state index is 0.918. The van der Waals surface area contributed by atoms with Gasteiger partial charge in [0, 0.05) is 28.7 Å². The summed E-state index contributed by atoms with van der Waals surface area (Å²) in [6, 6.07) is 56.6. The summed E-state index contributed by atoms with van der Waals surface area (Å²) in [5, 5.41) is 7.15. The lowest BCUT2D eigenvalue weighted by Crippen LogP contribution is -1.93. The number of pyridine rings is 2. The molecule has 7 aromatic carbocycles. The summed E-state index contributed by atoms with van der Waals surface area (Å²) >= 11 is 0. The van der Waals surface area contributed by atoms with Crippen LogP contribution in [0.4, 0.5) is 0 Å². The van der Waals surface area contributed by atoms with Crippen molar-refractivity contribution < 1.29 is 0 Å². The number of benzene rings is 7. The van der Waals surface area contributed by atoms with Crippen molar-refractivity contribution in [3.8, 4) is 44.5 Å². The molecule has 0 amide bonds. The SMILES string of the molecule is c1ccc(-c2cnc3c(c2)cc(-c2ccc4c(-c5ccccc5)c5ccccc5c(-c5ccccc5)c4c2)c2cccnc23)cc1. The van der Waals surface area contributed by atoms with Crippen molar-refractivity contribution in [1.29, 1.82) is 0 Å². The highest BCUT2D eigenvalue weighted by molar-refractivity contribution is 6.22. The summed E-state index contributed by atoms with van der Waals surface area (Å²) in [6.07, 6.45) is 3.83. The third-order valence-electron chi connectivity index (χ3n) is 9.11. The molecule has 0 aliphatic carbocycles. The zero-order valence-corrected chi connectivity index (χ0v) is 25.1. The van der Waals surface area contributed by atoms with Crippen LogP contribution >= 0.6 is 0 Å². The zero-order valence-electron chi connectivity index (χ0n) is 25.1. The average Bonchev–Trinajstić information content (AvgIpc) is 3.14. The molecule has 2 heteroatoms. The molecular weight excluding hydrogens is 556 g/mol. The van der Waals surface area contributed by atoms with Crippen LogP contribution < -0.4 is 0 Å². The van der Waals surface area contributed by atoms with E-state index in [1.165, 1.54) is 43.8 Å². The van der Waals surface area contributed by atoms with Gasteiger partial charge in [-0.1, -0.05) is 133 Å². The van der Waals surface area contributed by atoms with E-state index in [0.717, 1.165) is 44.1 Å². The molecular formula is C44H28N2. The fourth-order valence-corrected chi connectivity index (χ4v) is 7.04. The summed E-state index contributed by atoms with van der Waals surface area (Å²) in [6.45, 7) is 0. The van der Waals surface area contributed by atoms with Crippen molar-refractivity contribution in [3.05, 3.63) is 170 Å². The van der Waals surface area contributed by atoms with Gasteiger partial charge < -0.3 is 0 Å². The van der Waals surface area contributed by atoms with E-state index < -0.39 is 0 Å². The first kappa shape index (κ1) is 26.3. The van der Waals surface area contributed by atoms with Crippen molar-refractivity contribution in [2.24, 2.45) is 0 Å². The predicted molar refractivity (Wildman–Crippen MR) is 194 cm³/mol. The molecule has 46 heavy (non-hydrogen) atoms. The molecule has 0 saturated carbocycles. The number of aromatic nitrogens is 2. The molecule has 0 atom stereocenters. The number of hydrogen-bond donors (Lipinski definition) is 0. The van der Waals surface area contributed by atoms with Crippen LogP contribution in [0, 0.1) is 0 Å². The van der Waals surface area contributed by atoms with E-state index in [-0.39, 0.29) is 0 Å². The Balaban J connectivity index is 1.38. The van der Waals surface area contributed by atoms with Crippen LogP contribution in [-0.2, 0) is 0 Å². The minimum Gasteiger partial charge on any atom is -0.254 e. The Labute approximate surface area is 267 Å². The van der Waals surface area contributed by atoms with Gasteiger partial charge in [0.1, 0.15) is 0 Å². The zero-order chi connectivity index (χ0) is 30.5. The Morgan fingerprint density at radius 2 is 0.891 bits per heavy atom. The molecule has 0 aliphatic heterocycles. The summed E-state index contributed by atoms with van der Waals surface area (Å²) in [4.78, 5) is 9.80. The van der Waals surface area contributed by atoms with Gasteiger partial charge in [-0.3, -0.25) is 9.97 Å². The Kier molecular flexibility index (Phi) is 6.17. The van der Waals surface area contributed by atoms with E-state index in [9.17, 15) is 0 Å². The maximum absolute atomic E-state index is 4.94. The molecule has 2 heterocycles. The summed E-state index contributed by atoms with van der Waals surface area (Å²) in [5.41, 5.74) is 11.3. The van der Waals surface area contributed by atoms with Crippen molar-refractivity contribution in [2.45, 2.75) is 0 Å². The molecule has 2 nitrogen and oxygen atoms in total. The van der Waals surface area contributed by atoms with Crippen LogP contribution in [0.1, 0.15) is 0 Å². The minimum absolute atomic E-state index is 0.918. The van der Waals surface area contributed by atoms with Gasteiger partial charge in [-0.15, -0.1) is 0 Å². The van der Waals surface area contributed by atoms with Gasteiger partial charge in [0.05, 0.1) is 11.0 Å². The summed E-state index contributed by atoms with van der Waals surface area (Å²) in [7, 11) is 0. The number of hydrogen-bond acceptors (Lipinski definition) is 2. The highest BCUT2D eigenvalue weighted by Crippen LogP contribution is 2.45. The summed E-state index contributed by atoms with van der Waals surface area (Å²) in [5.74, 6) is 0. The molecule has 9 aromatic rings. The van der Waals surface area contributed by atoms with E-state index in [0.29, 0.717) is 0 Å². The van der Waals surface area contributed by atoms with Crippen LogP contribution in [-0.4, -0.2) is 9.97 Å². The first-order chi connectivity index (χ1) is 22.8. The molecule has 0 unspecified atom stereocenters. The quantitative estimate of drug-likeness (QED) is 0.152. The predicted octanol–water partition coefficient (Wildman–Crippen LogP) is 11.8. The Morgan fingerprint density at radius 1 is 0.326 bits per heavy atom. The monoisotopic (exact) mass is 584 g/mol. The van der Waals surface area contributed by atoms with Gasteiger partial charge in [0.25, 0.3) is 0 Å². The van der Waals surface area contributed by atoms with Crippen molar-refractivity contribution in [3.63, 3.8) is 0 Å². The van der Waals surface area contributed by atoms with E-state index in [1.807, 2.05) is 24.5 Å². The lowest BCUT2D eigenvalue weighted by atomic mass is 9.84. The number of fused-ring (bicyclic) bond motifs is 5. The fourth-order valence-electron chi connectivity index (χ4n) is 7.04. The van der Waals surface area contributed by atoms with E-state index in [1.54, 1.807) is 0 Å². The second-order valence-corrected chi connectivity index (χ2v) is 11.8. The fraction of sp³-hybridized carbons (Fsp3) is 0. The largest absolute Gasteiger partial charge is 0.254 e. The number of rotatable bonds is 4. The third kappa shape index (κ3) is 4.27. The van der Waals surface area contributed by atoms with Gasteiger partial charge in [-0.25, -0.2) is 0 Å². The van der Waals surface area contributed by atoms with Gasteiger partial charge in [-0.2, -0.15) is 0 Å². The lowest BCUT2D eigenvalue weighted by Gasteiger charge is -2.19. The molecule has 0 bridgehead atoms. The van der Waals surface area contributed by atoms with Crippen LogP contribution in [0.25, 0.3) is 87.9 Å². The van der Waals surface area contributed by atoms with E-state index in [4.69, 9.17) is 9.97 Å². The maximum Gasteiger partial charge on any atom is 0.0970 e. The van der Waals surface area contributed by atoms with Crippen LogP contribution in [0.15, 0.2) is 170 Å². The molecule has 0 N–H and O–H groups in total. The summed E-state index contributed by atoms with van der Waals surface area (Å²) < 4.78 is 0. The van der Waals surface area contributed by atoms with Gasteiger partial charge in [0.15, 0.2) is 0 Å². The average molecular weight is 585 g/mol. The molecule has 9 rings (SSSR count).